The zero-order chi connectivity index (χ0) is 4.83. The van der Waals surface area contributed by atoms with E-state index in [1.54, 1.807) is 7.11 Å². The maximum absolute atomic E-state index is 9.55. The lowest BCUT2D eigenvalue weighted by Crippen LogP contribution is -1.90. The molecule has 0 aromatic carbocycles. The molecule has 0 saturated heterocycles. The Balaban J connectivity index is 2.34. The van der Waals surface area contributed by atoms with Gasteiger partial charge in [0.05, 0.1) is 13.2 Å². The maximum Gasteiger partial charge on any atom is 0.0876 e. The smallest absolute Gasteiger partial charge is 0.0876 e. The average Bonchev–Trinajstić information content (AvgIpc) is 1.61. The summed E-state index contributed by atoms with van der Waals surface area (Å²) < 4.78 is 4.53. The van der Waals surface area contributed by atoms with Gasteiger partial charge in [-0.05, 0) is 0 Å². The Bertz CT molecular complexity index is 17.5. The van der Waals surface area contributed by atoms with E-state index < -0.39 is 0 Å². The van der Waals surface area contributed by atoms with Crippen molar-refractivity contribution in [2.45, 2.75) is 0 Å². The zero-order valence-electron chi connectivity index (χ0n) is 3.81. The first-order valence-electron chi connectivity index (χ1n) is 1.80. The molecular weight excluding hydrogens is 80.0 g/mol. The van der Waals surface area contributed by atoms with Crippen LogP contribution in [-0.4, -0.2) is 20.3 Å². The summed E-state index contributed by atoms with van der Waals surface area (Å²) in [6, 6.07) is 0. The van der Waals surface area contributed by atoms with E-state index in [0.717, 1.165) is 0 Å². The van der Waals surface area contributed by atoms with Gasteiger partial charge in [0.25, 0.3) is 0 Å². The molecule has 0 aromatic heterocycles. The lowest BCUT2D eigenvalue weighted by atomic mass is 10.5. The van der Waals surface area contributed by atoms with Crippen molar-refractivity contribution in [1.82, 2.24) is 0 Å². The summed E-state index contributed by atoms with van der Waals surface area (Å²) in [7, 11) is 1.56. The van der Waals surface area contributed by atoms with E-state index in [9.17, 15) is 5.11 Å². The van der Waals surface area contributed by atoms with Crippen LogP contribution in [0.1, 0.15) is 0 Å². The van der Waals surface area contributed by atoms with E-state index in [1.165, 1.54) is 6.42 Å². The molecule has 0 rings (SSSR count). The summed E-state index contributed by atoms with van der Waals surface area (Å²) in [5.41, 5.74) is 0. The molecule has 0 bridgehead atoms. The molecule has 0 atom stereocenters. The average molecular weight is 88.1 g/mol. The molecule has 6 heavy (non-hydrogen) atoms. The highest BCUT2D eigenvalue weighted by Crippen LogP contribution is 1.71. The SMILES string of the molecule is COC[CH]C[O]. The molecule has 0 fully saturated rings. The van der Waals surface area contributed by atoms with Crippen LogP contribution >= 0.6 is 0 Å². The minimum atomic E-state index is -0.145. The third-order valence-electron chi connectivity index (χ3n) is 0.402. The molecule has 0 saturated carbocycles. The van der Waals surface area contributed by atoms with Gasteiger partial charge in [0.15, 0.2) is 0 Å². The van der Waals surface area contributed by atoms with Gasteiger partial charge in [0.1, 0.15) is 0 Å². The van der Waals surface area contributed by atoms with E-state index in [0.29, 0.717) is 6.61 Å². The van der Waals surface area contributed by atoms with Gasteiger partial charge in [-0.3, -0.25) is 0 Å². The largest absolute Gasteiger partial charge is 0.384 e. The molecule has 0 amide bonds. The van der Waals surface area contributed by atoms with Crippen LogP contribution in [-0.2, 0) is 9.84 Å². The van der Waals surface area contributed by atoms with E-state index in [4.69, 9.17) is 0 Å². The number of ether oxygens (including phenoxy) is 1. The minimum Gasteiger partial charge on any atom is -0.384 e. The van der Waals surface area contributed by atoms with Gasteiger partial charge in [-0.1, -0.05) is 0 Å². The molecular formula is C4H8O2. The van der Waals surface area contributed by atoms with Crippen LogP contribution in [0.3, 0.4) is 0 Å². The fourth-order valence-electron chi connectivity index (χ4n) is 0.166. The van der Waals surface area contributed by atoms with Gasteiger partial charge in [-0.15, -0.1) is 0 Å². The maximum atomic E-state index is 9.55. The van der Waals surface area contributed by atoms with E-state index >= 15 is 0 Å². The summed E-state index contributed by atoms with van der Waals surface area (Å²) in [6.45, 7) is 0.331. The van der Waals surface area contributed by atoms with Crippen LogP contribution in [0.25, 0.3) is 0 Å². The molecule has 0 heterocycles. The van der Waals surface area contributed by atoms with Crippen molar-refractivity contribution in [1.29, 1.82) is 0 Å². The van der Waals surface area contributed by atoms with Crippen molar-refractivity contribution < 1.29 is 9.84 Å². The van der Waals surface area contributed by atoms with Crippen LogP contribution in [0.5, 0.6) is 0 Å². The van der Waals surface area contributed by atoms with E-state index in [-0.39, 0.29) is 6.61 Å². The van der Waals surface area contributed by atoms with Crippen molar-refractivity contribution in [2.24, 2.45) is 0 Å². The molecule has 0 aliphatic rings. The van der Waals surface area contributed by atoms with Crippen molar-refractivity contribution in [3.63, 3.8) is 0 Å². The Morgan fingerprint density at radius 3 is 2.67 bits per heavy atom. The highest BCUT2D eigenvalue weighted by molar-refractivity contribution is 4.57. The molecule has 0 unspecified atom stereocenters. The molecule has 0 aliphatic heterocycles. The van der Waals surface area contributed by atoms with Gasteiger partial charge in [-0.25, -0.2) is 5.11 Å². The lowest BCUT2D eigenvalue weighted by molar-refractivity contribution is 0.174. The Labute approximate surface area is 37.7 Å². The summed E-state index contributed by atoms with van der Waals surface area (Å²) >= 11 is 0. The van der Waals surface area contributed by atoms with Gasteiger partial charge >= 0.3 is 0 Å². The Kier molecular flexibility index (Phi) is 4.85. The summed E-state index contributed by atoms with van der Waals surface area (Å²) in [5.74, 6) is 0. The Hall–Kier alpha value is -0.0800. The second-order valence-corrected chi connectivity index (χ2v) is 0.911. The van der Waals surface area contributed by atoms with Crippen LogP contribution in [0.15, 0.2) is 0 Å². The topological polar surface area (TPSA) is 29.1 Å². The summed E-state index contributed by atoms with van der Waals surface area (Å²) in [6.07, 6.45) is 1.53. The first-order valence-corrected chi connectivity index (χ1v) is 1.80. The third kappa shape index (κ3) is 3.92. The molecule has 2 nitrogen and oxygen atoms in total. The Morgan fingerprint density at radius 2 is 2.50 bits per heavy atom. The highest BCUT2D eigenvalue weighted by atomic mass is 16.5. The quantitative estimate of drug-likeness (QED) is 0.455. The number of hydrogen-bond acceptors (Lipinski definition) is 1. The van der Waals surface area contributed by atoms with Gasteiger partial charge < -0.3 is 4.74 Å². The van der Waals surface area contributed by atoms with Crippen LogP contribution in [0.2, 0.25) is 0 Å². The van der Waals surface area contributed by atoms with E-state index in [1.807, 2.05) is 0 Å². The lowest BCUT2D eigenvalue weighted by Gasteiger charge is -1.87. The monoisotopic (exact) mass is 88.1 g/mol. The first-order chi connectivity index (χ1) is 2.91. The molecule has 36 valence electrons. The molecule has 0 aromatic rings. The minimum absolute atomic E-state index is 0.145. The predicted molar refractivity (Wildman–Crippen MR) is 21.7 cm³/mol. The summed E-state index contributed by atoms with van der Waals surface area (Å²) in [4.78, 5) is 0. The van der Waals surface area contributed by atoms with Gasteiger partial charge in [0, 0.05) is 13.5 Å². The van der Waals surface area contributed by atoms with Crippen molar-refractivity contribution in [2.75, 3.05) is 20.3 Å². The van der Waals surface area contributed by atoms with Crippen LogP contribution in [0.4, 0.5) is 0 Å². The number of hydrogen-bond donors (Lipinski definition) is 0. The molecule has 0 aliphatic carbocycles. The molecule has 2 radical (unpaired) electrons. The highest BCUT2D eigenvalue weighted by Gasteiger charge is 1.78. The van der Waals surface area contributed by atoms with Crippen molar-refractivity contribution in [3.05, 3.63) is 6.42 Å². The van der Waals surface area contributed by atoms with Gasteiger partial charge in [-0.2, -0.15) is 0 Å². The van der Waals surface area contributed by atoms with Crippen molar-refractivity contribution in [3.8, 4) is 0 Å². The second kappa shape index (κ2) is 4.92. The standard InChI is InChI=1S/C4H8O2/c1-6-4-2-3-5/h2H,3-4H2,1H3. The van der Waals surface area contributed by atoms with Crippen LogP contribution in [0, 0.1) is 6.42 Å². The molecule has 2 heteroatoms. The second-order valence-electron chi connectivity index (χ2n) is 0.911. The predicted octanol–water partition coefficient (Wildman–Crippen LogP) is 0.268. The van der Waals surface area contributed by atoms with E-state index in [2.05, 4.69) is 4.74 Å². The number of methoxy groups -OCH3 is 1. The van der Waals surface area contributed by atoms with Crippen LogP contribution < -0.4 is 0 Å². The molecule has 0 spiro atoms. The van der Waals surface area contributed by atoms with Gasteiger partial charge in [0.2, 0.25) is 0 Å². The number of rotatable bonds is 3. The Morgan fingerprint density at radius 1 is 1.83 bits per heavy atom. The fourth-order valence-corrected chi connectivity index (χ4v) is 0.166. The fraction of sp³-hybridized carbons (Fsp3) is 0.750. The summed E-state index contributed by atoms with van der Waals surface area (Å²) in [5, 5.41) is 9.55. The normalized spacial score (nSPS) is 9.00. The van der Waals surface area contributed by atoms with Crippen molar-refractivity contribution >= 4 is 0 Å². The zero-order valence-corrected chi connectivity index (χ0v) is 3.81. The molecule has 0 N–H and O–H groups in total. The third-order valence-corrected chi connectivity index (χ3v) is 0.402. The first kappa shape index (κ1) is 5.92.